The summed E-state index contributed by atoms with van der Waals surface area (Å²) in [5, 5.41) is 2.34. The fraction of sp³-hybridized carbons (Fsp3) is 0.333. The topological polar surface area (TPSA) is 75.5 Å². The highest BCUT2D eigenvalue weighted by Gasteiger charge is 2.23. The smallest absolute Gasteiger partial charge is 0.271 e. The fourth-order valence-corrected chi connectivity index (χ4v) is 5.17. The summed E-state index contributed by atoms with van der Waals surface area (Å²) in [6, 6.07) is 6.30. The number of carbonyl (C=O) groups excluding carboxylic acids is 2. The molecule has 0 unspecified atom stereocenters. The first-order chi connectivity index (χ1) is 14.8. The van der Waals surface area contributed by atoms with E-state index in [1.165, 1.54) is 40.7 Å². The van der Waals surface area contributed by atoms with Crippen LogP contribution in [0.2, 0.25) is 0 Å². The van der Waals surface area contributed by atoms with Crippen LogP contribution in [0.1, 0.15) is 17.3 Å². The van der Waals surface area contributed by atoms with Crippen molar-refractivity contribution in [2.24, 2.45) is 7.05 Å². The maximum atomic E-state index is 14.4. The van der Waals surface area contributed by atoms with E-state index in [0.29, 0.717) is 52.8 Å². The Bertz CT molecular complexity index is 1220. The molecule has 0 saturated carbocycles. The Morgan fingerprint density at radius 1 is 1.19 bits per heavy atom. The van der Waals surface area contributed by atoms with Crippen molar-refractivity contribution >= 4 is 50.7 Å². The van der Waals surface area contributed by atoms with E-state index < -0.39 is 5.82 Å². The molecule has 1 fully saturated rings. The van der Waals surface area contributed by atoms with Gasteiger partial charge < -0.3 is 9.80 Å². The maximum Gasteiger partial charge on any atom is 0.271 e. The van der Waals surface area contributed by atoms with Crippen LogP contribution in [0.15, 0.2) is 39.6 Å². The van der Waals surface area contributed by atoms with Crippen LogP contribution in [-0.2, 0) is 11.8 Å². The predicted octanol–water partition coefficient (Wildman–Crippen LogP) is 2.78. The van der Waals surface area contributed by atoms with Crippen molar-refractivity contribution in [1.29, 1.82) is 0 Å². The number of rotatable bonds is 5. The van der Waals surface area contributed by atoms with Gasteiger partial charge in [0.2, 0.25) is 5.91 Å². The van der Waals surface area contributed by atoms with Gasteiger partial charge in [0.05, 0.1) is 17.0 Å². The number of amides is 1. The second-order valence-electron chi connectivity index (χ2n) is 7.27. The van der Waals surface area contributed by atoms with Crippen molar-refractivity contribution in [2.75, 3.05) is 36.8 Å². The van der Waals surface area contributed by atoms with Gasteiger partial charge in [-0.2, -0.15) is 0 Å². The van der Waals surface area contributed by atoms with Crippen molar-refractivity contribution in [1.82, 2.24) is 14.5 Å². The standard InChI is InChI=1S/C21H21FN4O3S2/c1-13(27)14-3-4-17(15(22)11-14)25-6-8-26(9-7-25)18(28)12-31-21-23-16-5-10-30-19(16)20(29)24(21)2/h3-5,10-11H,6-9,12H2,1-2H3. The highest BCUT2D eigenvalue weighted by atomic mass is 32.2. The third kappa shape index (κ3) is 4.35. The van der Waals surface area contributed by atoms with Gasteiger partial charge in [0.15, 0.2) is 10.9 Å². The minimum atomic E-state index is -0.432. The largest absolute Gasteiger partial charge is 0.366 e. The zero-order chi connectivity index (χ0) is 22.1. The molecule has 1 amide bonds. The van der Waals surface area contributed by atoms with E-state index in [1.54, 1.807) is 30.1 Å². The molecule has 0 spiro atoms. The highest BCUT2D eigenvalue weighted by molar-refractivity contribution is 7.99. The van der Waals surface area contributed by atoms with Crippen LogP contribution in [0.3, 0.4) is 0 Å². The molecule has 31 heavy (non-hydrogen) atoms. The Kier molecular flexibility index (Phi) is 6.10. The summed E-state index contributed by atoms with van der Waals surface area (Å²) in [6.45, 7) is 3.36. The van der Waals surface area contributed by atoms with Gasteiger partial charge in [-0.3, -0.25) is 19.0 Å². The van der Waals surface area contributed by atoms with E-state index >= 15 is 0 Å². The molecule has 2 aromatic heterocycles. The van der Waals surface area contributed by atoms with Gasteiger partial charge in [-0.05, 0) is 36.6 Å². The first-order valence-corrected chi connectivity index (χ1v) is 11.6. The van der Waals surface area contributed by atoms with Crippen LogP contribution >= 0.6 is 23.1 Å². The Labute approximate surface area is 186 Å². The van der Waals surface area contributed by atoms with Crippen molar-refractivity contribution in [3.05, 3.63) is 51.4 Å². The summed E-state index contributed by atoms with van der Waals surface area (Å²) in [6.07, 6.45) is 0. The summed E-state index contributed by atoms with van der Waals surface area (Å²) in [5.74, 6) is -0.475. The number of anilines is 1. The number of ketones is 1. The molecular weight excluding hydrogens is 439 g/mol. The first kappa shape index (κ1) is 21.5. The number of thiophene rings is 1. The second kappa shape index (κ2) is 8.80. The van der Waals surface area contributed by atoms with Gasteiger partial charge in [0, 0.05) is 38.8 Å². The normalized spacial score (nSPS) is 14.3. The zero-order valence-electron chi connectivity index (χ0n) is 17.1. The maximum absolute atomic E-state index is 14.4. The quantitative estimate of drug-likeness (QED) is 0.331. The number of thioether (sulfide) groups is 1. The molecule has 3 aromatic rings. The number of hydrogen-bond donors (Lipinski definition) is 0. The van der Waals surface area contributed by atoms with Crippen LogP contribution in [0.4, 0.5) is 10.1 Å². The number of fused-ring (bicyclic) bond motifs is 1. The number of aromatic nitrogens is 2. The molecule has 162 valence electrons. The molecule has 1 aromatic carbocycles. The Morgan fingerprint density at radius 3 is 2.61 bits per heavy atom. The summed E-state index contributed by atoms with van der Waals surface area (Å²) >= 11 is 2.60. The number of hydrogen-bond acceptors (Lipinski definition) is 7. The molecule has 0 radical (unpaired) electrons. The Balaban J connectivity index is 1.36. The third-order valence-corrected chi connectivity index (χ3v) is 7.20. The summed E-state index contributed by atoms with van der Waals surface area (Å²) < 4.78 is 16.5. The first-order valence-electron chi connectivity index (χ1n) is 9.75. The van der Waals surface area contributed by atoms with Gasteiger partial charge in [-0.25, -0.2) is 9.37 Å². The van der Waals surface area contributed by atoms with E-state index in [9.17, 15) is 18.8 Å². The second-order valence-corrected chi connectivity index (χ2v) is 9.13. The fourth-order valence-electron chi connectivity index (χ4n) is 3.49. The Hall–Kier alpha value is -2.72. The highest BCUT2D eigenvalue weighted by Crippen LogP contribution is 2.24. The summed E-state index contributed by atoms with van der Waals surface area (Å²) in [7, 11) is 1.66. The number of Topliss-reactive ketones (excluding diaryl/α,β-unsaturated/α-hetero) is 1. The number of nitrogens with zero attached hydrogens (tertiary/aromatic N) is 4. The minimum Gasteiger partial charge on any atom is -0.366 e. The van der Waals surface area contributed by atoms with Crippen LogP contribution in [0.25, 0.3) is 10.2 Å². The monoisotopic (exact) mass is 460 g/mol. The molecule has 0 bridgehead atoms. The molecule has 1 saturated heterocycles. The molecule has 3 heterocycles. The average molecular weight is 461 g/mol. The molecule has 0 atom stereocenters. The lowest BCUT2D eigenvalue weighted by atomic mass is 10.1. The molecular formula is C21H21FN4O3S2. The van der Waals surface area contributed by atoms with Gasteiger partial charge in [0.25, 0.3) is 5.56 Å². The molecule has 1 aliphatic rings. The SMILES string of the molecule is CC(=O)c1ccc(N2CCN(C(=O)CSc3nc4ccsc4c(=O)n3C)CC2)c(F)c1. The Morgan fingerprint density at radius 2 is 1.94 bits per heavy atom. The molecule has 0 N–H and O–H groups in total. The lowest BCUT2D eigenvalue weighted by Gasteiger charge is -2.36. The number of piperazine rings is 1. The van der Waals surface area contributed by atoms with Crippen LogP contribution in [-0.4, -0.2) is 58.1 Å². The van der Waals surface area contributed by atoms with E-state index in [0.717, 1.165) is 0 Å². The molecule has 4 rings (SSSR count). The summed E-state index contributed by atoms with van der Waals surface area (Å²) in [4.78, 5) is 44.6. The number of carbonyl (C=O) groups is 2. The lowest BCUT2D eigenvalue weighted by molar-refractivity contribution is -0.128. The number of benzene rings is 1. The van der Waals surface area contributed by atoms with E-state index in [1.807, 2.05) is 10.3 Å². The van der Waals surface area contributed by atoms with Crippen LogP contribution < -0.4 is 10.5 Å². The van der Waals surface area contributed by atoms with Crippen molar-refractivity contribution in [3.8, 4) is 0 Å². The summed E-state index contributed by atoms with van der Waals surface area (Å²) in [5.41, 5.74) is 1.32. The van der Waals surface area contributed by atoms with E-state index in [-0.39, 0.29) is 23.0 Å². The van der Waals surface area contributed by atoms with Crippen molar-refractivity contribution < 1.29 is 14.0 Å². The van der Waals surface area contributed by atoms with Gasteiger partial charge in [-0.1, -0.05) is 11.8 Å². The predicted molar refractivity (Wildman–Crippen MR) is 121 cm³/mol. The molecule has 0 aliphatic carbocycles. The van der Waals surface area contributed by atoms with Gasteiger partial charge in [0.1, 0.15) is 10.5 Å². The molecule has 7 nitrogen and oxygen atoms in total. The van der Waals surface area contributed by atoms with Crippen molar-refractivity contribution in [3.63, 3.8) is 0 Å². The zero-order valence-corrected chi connectivity index (χ0v) is 18.8. The van der Waals surface area contributed by atoms with Crippen LogP contribution in [0, 0.1) is 5.82 Å². The average Bonchev–Trinajstić information content (AvgIpc) is 3.24. The molecule has 1 aliphatic heterocycles. The lowest BCUT2D eigenvalue weighted by Crippen LogP contribution is -2.49. The number of halogens is 1. The van der Waals surface area contributed by atoms with E-state index in [2.05, 4.69) is 4.98 Å². The van der Waals surface area contributed by atoms with Crippen molar-refractivity contribution in [2.45, 2.75) is 12.1 Å². The van der Waals surface area contributed by atoms with Gasteiger partial charge >= 0.3 is 0 Å². The van der Waals surface area contributed by atoms with Crippen LogP contribution in [0.5, 0.6) is 0 Å². The van der Waals surface area contributed by atoms with E-state index in [4.69, 9.17) is 0 Å². The molecule has 10 heteroatoms. The third-order valence-electron chi connectivity index (χ3n) is 5.30. The minimum absolute atomic E-state index is 0.0447. The van der Waals surface area contributed by atoms with Gasteiger partial charge in [-0.15, -0.1) is 11.3 Å².